The lowest BCUT2D eigenvalue weighted by Crippen LogP contribution is -2.38. The van der Waals surface area contributed by atoms with E-state index in [1.165, 1.54) is 5.56 Å². The van der Waals surface area contributed by atoms with Gasteiger partial charge in [-0.2, -0.15) is 0 Å². The van der Waals surface area contributed by atoms with Crippen molar-refractivity contribution in [3.63, 3.8) is 0 Å². The maximum atomic E-state index is 10.4. The number of benzene rings is 1. The Hall–Kier alpha value is -0.900. The lowest BCUT2D eigenvalue weighted by molar-refractivity contribution is 0.0582. The van der Waals surface area contributed by atoms with Gasteiger partial charge in [-0.05, 0) is 30.5 Å². The Labute approximate surface area is 123 Å². The van der Waals surface area contributed by atoms with Crippen LogP contribution < -0.4 is 0 Å². The smallest absolute Gasteiger partial charge is 0.0917 e. The Balaban J connectivity index is 2.66. The first-order valence-electron chi connectivity index (χ1n) is 7.50. The fourth-order valence-electron chi connectivity index (χ4n) is 2.40. The van der Waals surface area contributed by atoms with E-state index in [0.29, 0.717) is 25.1 Å². The van der Waals surface area contributed by atoms with Crippen molar-refractivity contribution in [2.75, 3.05) is 26.8 Å². The van der Waals surface area contributed by atoms with Gasteiger partial charge in [0.05, 0.1) is 12.7 Å². The van der Waals surface area contributed by atoms with Gasteiger partial charge in [0.25, 0.3) is 0 Å². The molecular weight excluding hydrogens is 250 g/mol. The summed E-state index contributed by atoms with van der Waals surface area (Å²) in [4.78, 5) is 2.24. The number of ether oxygens (including phenoxy) is 1. The van der Waals surface area contributed by atoms with Crippen molar-refractivity contribution >= 4 is 0 Å². The number of aliphatic hydroxyl groups excluding tert-OH is 1. The Morgan fingerprint density at radius 1 is 1.10 bits per heavy atom. The zero-order chi connectivity index (χ0) is 15.1. The van der Waals surface area contributed by atoms with Crippen molar-refractivity contribution in [2.24, 2.45) is 0 Å². The predicted octanol–water partition coefficient (Wildman–Crippen LogP) is 3.20. The third kappa shape index (κ3) is 4.89. The average molecular weight is 279 g/mol. The maximum Gasteiger partial charge on any atom is 0.0917 e. The molecule has 3 nitrogen and oxygen atoms in total. The highest BCUT2D eigenvalue weighted by molar-refractivity contribution is 5.26. The summed E-state index contributed by atoms with van der Waals surface area (Å²) >= 11 is 0. The molecule has 0 bridgehead atoms. The molecule has 0 radical (unpaired) electrons. The SMILES string of the molecule is CCN(CC(O)c1ccc(C(C)C)cc1)C(C)COC. The molecule has 0 aliphatic rings. The minimum Gasteiger partial charge on any atom is -0.387 e. The predicted molar refractivity (Wildman–Crippen MR) is 84.1 cm³/mol. The second kappa shape index (κ2) is 8.40. The van der Waals surface area contributed by atoms with Gasteiger partial charge in [-0.25, -0.2) is 0 Å². The van der Waals surface area contributed by atoms with Crippen LogP contribution in [0.4, 0.5) is 0 Å². The molecule has 0 saturated carbocycles. The Kier molecular flexibility index (Phi) is 7.20. The van der Waals surface area contributed by atoms with E-state index in [1.807, 2.05) is 12.1 Å². The monoisotopic (exact) mass is 279 g/mol. The highest BCUT2D eigenvalue weighted by Crippen LogP contribution is 2.20. The number of hydrogen-bond acceptors (Lipinski definition) is 3. The van der Waals surface area contributed by atoms with E-state index in [-0.39, 0.29) is 0 Å². The zero-order valence-electron chi connectivity index (χ0n) is 13.5. The first-order valence-corrected chi connectivity index (χ1v) is 7.50. The number of methoxy groups -OCH3 is 1. The maximum absolute atomic E-state index is 10.4. The van der Waals surface area contributed by atoms with Crippen LogP contribution in [-0.4, -0.2) is 42.9 Å². The molecule has 1 rings (SSSR count). The molecule has 2 atom stereocenters. The topological polar surface area (TPSA) is 32.7 Å². The summed E-state index contributed by atoms with van der Waals surface area (Å²) in [5.74, 6) is 0.523. The van der Waals surface area contributed by atoms with Crippen molar-refractivity contribution in [3.8, 4) is 0 Å². The van der Waals surface area contributed by atoms with E-state index < -0.39 is 6.10 Å². The molecule has 20 heavy (non-hydrogen) atoms. The quantitative estimate of drug-likeness (QED) is 0.793. The summed E-state index contributed by atoms with van der Waals surface area (Å²) in [6, 6.07) is 8.61. The Bertz CT molecular complexity index is 375. The second-order valence-corrected chi connectivity index (χ2v) is 5.73. The summed E-state index contributed by atoms with van der Waals surface area (Å²) in [5, 5.41) is 10.4. The van der Waals surface area contributed by atoms with Crippen LogP contribution in [0.1, 0.15) is 50.8 Å². The third-order valence-electron chi connectivity index (χ3n) is 3.83. The third-order valence-corrected chi connectivity index (χ3v) is 3.83. The first-order chi connectivity index (χ1) is 9.49. The van der Waals surface area contributed by atoms with Crippen molar-refractivity contribution in [2.45, 2.75) is 45.8 Å². The molecule has 0 aliphatic heterocycles. The van der Waals surface area contributed by atoms with Gasteiger partial charge >= 0.3 is 0 Å². The van der Waals surface area contributed by atoms with Gasteiger partial charge in [-0.15, -0.1) is 0 Å². The molecule has 0 heterocycles. The molecule has 0 spiro atoms. The number of likely N-dealkylation sites (N-methyl/N-ethyl adjacent to an activating group) is 1. The minimum absolute atomic E-state index is 0.314. The van der Waals surface area contributed by atoms with Gasteiger partial charge in [0, 0.05) is 19.7 Å². The van der Waals surface area contributed by atoms with Gasteiger partial charge in [-0.1, -0.05) is 45.0 Å². The van der Waals surface area contributed by atoms with Crippen molar-refractivity contribution in [1.29, 1.82) is 0 Å². The van der Waals surface area contributed by atoms with Crippen LogP contribution in [0.15, 0.2) is 24.3 Å². The zero-order valence-corrected chi connectivity index (χ0v) is 13.5. The van der Waals surface area contributed by atoms with E-state index >= 15 is 0 Å². The number of aliphatic hydroxyl groups is 1. The lowest BCUT2D eigenvalue weighted by atomic mass is 10.00. The van der Waals surface area contributed by atoms with Crippen LogP contribution in [0.2, 0.25) is 0 Å². The van der Waals surface area contributed by atoms with Crippen LogP contribution in [0.5, 0.6) is 0 Å². The highest BCUT2D eigenvalue weighted by atomic mass is 16.5. The molecular formula is C17H29NO2. The van der Waals surface area contributed by atoms with Crippen LogP contribution in [0.3, 0.4) is 0 Å². The van der Waals surface area contributed by atoms with E-state index in [4.69, 9.17) is 4.74 Å². The van der Waals surface area contributed by atoms with Crippen LogP contribution in [-0.2, 0) is 4.74 Å². The van der Waals surface area contributed by atoms with Crippen molar-refractivity contribution in [3.05, 3.63) is 35.4 Å². The van der Waals surface area contributed by atoms with Gasteiger partial charge in [0.2, 0.25) is 0 Å². The highest BCUT2D eigenvalue weighted by Gasteiger charge is 2.17. The van der Waals surface area contributed by atoms with Crippen molar-refractivity contribution < 1.29 is 9.84 Å². The molecule has 2 unspecified atom stereocenters. The molecule has 0 amide bonds. The average Bonchev–Trinajstić information content (AvgIpc) is 2.44. The summed E-state index contributed by atoms with van der Waals surface area (Å²) in [6.45, 7) is 10.8. The molecule has 0 aliphatic carbocycles. The first kappa shape index (κ1) is 17.2. The van der Waals surface area contributed by atoms with Crippen molar-refractivity contribution in [1.82, 2.24) is 4.90 Å². The van der Waals surface area contributed by atoms with Gasteiger partial charge in [0.15, 0.2) is 0 Å². The molecule has 3 heteroatoms. The van der Waals surface area contributed by atoms with Crippen LogP contribution in [0, 0.1) is 0 Å². The fraction of sp³-hybridized carbons (Fsp3) is 0.647. The normalized spacial score (nSPS) is 14.8. The summed E-state index contributed by atoms with van der Waals surface area (Å²) in [5.41, 5.74) is 2.29. The van der Waals surface area contributed by atoms with Gasteiger partial charge < -0.3 is 9.84 Å². The largest absolute Gasteiger partial charge is 0.387 e. The summed E-state index contributed by atoms with van der Waals surface area (Å²) < 4.78 is 5.19. The standard InChI is InChI=1S/C17H29NO2/c1-6-18(14(4)12-20-5)11-17(19)16-9-7-15(8-10-16)13(2)3/h7-10,13-14,17,19H,6,11-12H2,1-5H3. The molecule has 1 N–H and O–H groups in total. The van der Waals surface area contributed by atoms with Gasteiger partial charge in [-0.3, -0.25) is 4.90 Å². The minimum atomic E-state index is -0.449. The number of hydrogen-bond donors (Lipinski definition) is 1. The molecule has 0 saturated heterocycles. The molecule has 0 aromatic heterocycles. The molecule has 114 valence electrons. The summed E-state index contributed by atoms with van der Waals surface area (Å²) in [6.07, 6.45) is -0.449. The number of nitrogens with zero attached hydrogens (tertiary/aromatic N) is 1. The molecule has 0 fully saturated rings. The fourth-order valence-corrected chi connectivity index (χ4v) is 2.40. The Morgan fingerprint density at radius 3 is 2.10 bits per heavy atom. The molecule has 1 aromatic rings. The second-order valence-electron chi connectivity index (χ2n) is 5.73. The van der Waals surface area contributed by atoms with Crippen LogP contribution in [0.25, 0.3) is 0 Å². The molecule has 1 aromatic carbocycles. The Morgan fingerprint density at radius 2 is 1.65 bits per heavy atom. The lowest BCUT2D eigenvalue weighted by Gasteiger charge is -2.29. The van der Waals surface area contributed by atoms with E-state index in [2.05, 4.69) is 44.7 Å². The van der Waals surface area contributed by atoms with E-state index in [0.717, 1.165) is 12.1 Å². The summed E-state index contributed by atoms with van der Waals surface area (Å²) in [7, 11) is 1.71. The van der Waals surface area contributed by atoms with E-state index in [9.17, 15) is 5.11 Å². The number of rotatable bonds is 8. The van der Waals surface area contributed by atoms with E-state index in [1.54, 1.807) is 7.11 Å². The van der Waals surface area contributed by atoms with Crippen LogP contribution >= 0.6 is 0 Å². The van der Waals surface area contributed by atoms with Gasteiger partial charge in [0.1, 0.15) is 0 Å².